The summed E-state index contributed by atoms with van der Waals surface area (Å²) in [6.07, 6.45) is 2.35. The van der Waals surface area contributed by atoms with Crippen LogP contribution in [0.2, 0.25) is 0 Å². The number of nitrogens with zero attached hydrogens (tertiary/aromatic N) is 2. The van der Waals surface area contributed by atoms with Crippen molar-refractivity contribution in [1.82, 2.24) is 15.1 Å². The highest BCUT2D eigenvalue weighted by Crippen LogP contribution is 2.41. The lowest BCUT2D eigenvalue weighted by Crippen LogP contribution is -2.27. The van der Waals surface area contributed by atoms with Crippen molar-refractivity contribution in [3.8, 4) is 5.75 Å². The minimum Gasteiger partial charge on any atom is -0.508 e. The van der Waals surface area contributed by atoms with Crippen LogP contribution in [0.4, 0.5) is 0 Å². The zero-order valence-electron chi connectivity index (χ0n) is 13.8. The van der Waals surface area contributed by atoms with Crippen LogP contribution in [0, 0.1) is 0 Å². The predicted octanol–water partition coefficient (Wildman–Crippen LogP) is 3.15. The minimum atomic E-state index is -0.164. The van der Waals surface area contributed by atoms with Gasteiger partial charge in [0.1, 0.15) is 11.4 Å². The van der Waals surface area contributed by atoms with Crippen molar-refractivity contribution in [3.05, 3.63) is 47.3 Å². The fourth-order valence-electron chi connectivity index (χ4n) is 2.60. The number of aromatic nitrogens is 2. The SMILES string of the molecule is CC(C)(C)n1nc(C(=O)NCc2ccc(O)cc2)cc1C1CC1. The molecule has 1 aromatic carbocycles. The Hall–Kier alpha value is -2.30. The molecule has 1 fully saturated rings. The summed E-state index contributed by atoms with van der Waals surface area (Å²) in [6.45, 7) is 6.72. The Kier molecular flexibility index (Phi) is 3.88. The molecule has 0 saturated heterocycles. The molecule has 1 saturated carbocycles. The topological polar surface area (TPSA) is 67.2 Å². The van der Waals surface area contributed by atoms with E-state index in [4.69, 9.17) is 0 Å². The molecule has 0 spiro atoms. The molecule has 122 valence electrons. The van der Waals surface area contributed by atoms with Crippen LogP contribution < -0.4 is 5.32 Å². The molecule has 5 nitrogen and oxygen atoms in total. The number of hydrogen-bond acceptors (Lipinski definition) is 3. The smallest absolute Gasteiger partial charge is 0.272 e. The monoisotopic (exact) mass is 313 g/mol. The molecular formula is C18H23N3O2. The number of phenolic OH excluding ortho intramolecular Hbond substituents is 1. The fraction of sp³-hybridized carbons (Fsp3) is 0.444. The largest absolute Gasteiger partial charge is 0.508 e. The summed E-state index contributed by atoms with van der Waals surface area (Å²) in [6, 6.07) is 8.73. The van der Waals surface area contributed by atoms with Gasteiger partial charge >= 0.3 is 0 Å². The van der Waals surface area contributed by atoms with Gasteiger partial charge in [0.2, 0.25) is 0 Å². The van der Waals surface area contributed by atoms with E-state index in [0.29, 0.717) is 18.2 Å². The maximum absolute atomic E-state index is 12.4. The Labute approximate surface area is 136 Å². The van der Waals surface area contributed by atoms with Gasteiger partial charge in [0.15, 0.2) is 0 Å². The number of carbonyl (C=O) groups excluding carboxylic acids is 1. The van der Waals surface area contributed by atoms with Gasteiger partial charge < -0.3 is 10.4 Å². The molecule has 1 heterocycles. The second kappa shape index (κ2) is 5.72. The first-order valence-electron chi connectivity index (χ1n) is 8.01. The molecule has 1 amide bonds. The first kappa shape index (κ1) is 15.6. The average Bonchev–Trinajstić information content (AvgIpc) is 3.23. The van der Waals surface area contributed by atoms with Crippen molar-refractivity contribution < 1.29 is 9.90 Å². The van der Waals surface area contributed by atoms with Gasteiger partial charge in [-0.2, -0.15) is 5.10 Å². The molecule has 0 radical (unpaired) electrons. The molecule has 2 aromatic rings. The Morgan fingerprint density at radius 1 is 1.30 bits per heavy atom. The van der Waals surface area contributed by atoms with Gasteiger partial charge in [-0.15, -0.1) is 0 Å². The number of benzene rings is 1. The van der Waals surface area contributed by atoms with Crippen LogP contribution in [0.25, 0.3) is 0 Å². The second-order valence-corrected chi connectivity index (χ2v) is 7.16. The average molecular weight is 313 g/mol. The number of aromatic hydroxyl groups is 1. The predicted molar refractivity (Wildman–Crippen MR) is 88.5 cm³/mol. The molecule has 1 aromatic heterocycles. The van der Waals surface area contributed by atoms with Crippen molar-refractivity contribution in [2.24, 2.45) is 0 Å². The minimum absolute atomic E-state index is 0.132. The third-order valence-electron chi connectivity index (χ3n) is 3.99. The van der Waals surface area contributed by atoms with E-state index in [1.807, 2.05) is 10.7 Å². The van der Waals surface area contributed by atoms with Gasteiger partial charge in [-0.1, -0.05) is 12.1 Å². The van der Waals surface area contributed by atoms with E-state index in [2.05, 4.69) is 31.2 Å². The summed E-state index contributed by atoms with van der Waals surface area (Å²) in [5, 5.41) is 16.7. The summed E-state index contributed by atoms with van der Waals surface area (Å²) in [5.41, 5.74) is 2.44. The van der Waals surface area contributed by atoms with E-state index in [-0.39, 0.29) is 17.2 Å². The Morgan fingerprint density at radius 2 is 1.96 bits per heavy atom. The highest BCUT2D eigenvalue weighted by molar-refractivity contribution is 5.92. The van der Waals surface area contributed by atoms with Crippen molar-refractivity contribution in [3.63, 3.8) is 0 Å². The number of phenols is 1. The number of amides is 1. The molecule has 5 heteroatoms. The summed E-state index contributed by atoms with van der Waals surface area (Å²) in [4.78, 5) is 12.4. The van der Waals surface area contributed by atoms with Gasteiger partial charge in [-0.3, -0.25) is 9.48 Å². The quantitative estimate of drug-likeness (QED) is 0.911. The second-order valence-electron chi connectivity index (χ2n) is 7.16. The summed E-state index contributed by atoms with van der Waals surface area (Å²) >= 11 is 0. The van der Waals surface area contributed by atoms with Gasteiger partial charge in [0, 0.05) is 18.2 Å². The molecule has 2 N–H and O–H groups in total. The molecule has 0 unspecified atom stereocenters. The highest BCUT2D eigenvalue weighted by Gasteiger charge is 2.32. The van der Waals surface area contributed by atoms with Crippen molar-refractivity contribution in [2.45, 2.75) is 51.6 Å². The Balaban J connectivity index is 1.73. The molecule has 23 heavy (non-hydrogen) atoms. The van der Waals surface area contributed by atoms with Gasteiger partial charge in [0.05, 0.1) is 5.54 Å². The number of nitrogens with one attached hydrogen (secondary N) is 1. The van der Waals surface area contributed by atoms with Crippen LogP contribution in [0.15, 0.2) is 30.3 Å². The first-order valence-corrected chi connectivity index (χ1v) is 8.01. The maximum atomic E-state index is 12.4. The lowest BCUT2D eigenvalue weighted by atomic mass is 10.1. The van der Waals surface area contributed by atoms with E-state index in [1.165, 1.54) is 12.8 Å². The number of carbonyl (C=O) groups is 1. The van der Waals surface area contributed by atoms with E-state index in [0.717, 1.165) is 11.3 Å². The highest BCUT2D eigenvalue weighted by atomic mass is 16.3. The molecular weight excluding hydrogens is 290 g/mol. The van der Waals surface area contributed by atoms with Gasteiger partial charge in [0.25, 0.3) is 5.91 Å². The van der Waals surface area contributed by atoms with Crippen molar-refractivity contribution >= 4 is 5.91 Å². The molecule has 0 atom stereocenters. The number of hydrogen-bond donors (Lipinski definition) is 2. The third kappa shape index (κ3) is 3.55. The molecule has 1 aliphatic carbocycles. The number of rotatable bonds is 4. The molecule has 0 bridgehead atoms. The van der Waals surface area contributed by atoms with Crippen molar-refractivity contribution in [1.29, 1.82) is 0 Å². The lowest BCUT2D eigenvalue weighted by Gasteiger charge is -2.22. The zero-order valence-corrected chi connectivity index (χ0v) is 13.8. The van der Waals surface area contributed by atoms with E-state index in [9.17, 15) is 9.90 Å². The summed E-state index contributed by atoms with van der Waals surface area (Å²) in [7, 11) is 0. The normalized spacial score (nSPS) is 14.7. The van der Waals surface area contributed by atoms with Crippen LogP contribution >= 0.6 is 0 Å². The van der Waals surface area contributed by atoms with Crippen LogP contribution in [0.5, 0.6) is 5.75 Å². The fourth-order valence-corrected chi connectivity index (χ4v) is 2.60. The van der Waals surface area contributed by atoms with Gasteiger partial charge in [-0.05, 0) is 57.4 Å². The van der Waals surface area contributed by atoms with E-state index >= 15 is 0 Å². The molecule has 3 rings (SSSR count). The van der Waals surface area contributed by atoms with E-state index in [1.54, 1.807) is 24.3 Å². The lowest BCUT2D eigenvalue weighted by molar-refractivity contribution is 0.0944. The summed E-state index contributed by atoms with van der Waals surface area (Å²) in [5.74, 6) is 0.599. The van der Waals surface area contributed by atoms with Crippen LogP contribution in [-0.4, -0.2) is 20.8 Å². The van der Waals surface area contributed by atoms with Crippen LogP contribution in [-0.2, 0) is 12.1 Å². The third-order valence-corrected chi connectivity index (χ3v) is 3.99. The van der Waals surface area contributed by atoms with Crippen molar-refractivity contribution in [2.75, 3.05) is 0 Å². The Morgan fingerprint density at radius 3 is 2.52 bits per heavy atom. The Bertz CT molecular complexity index is 707. The van der Waals surface area contributed by atoms with Crippen LogP contribution in [0.1, 0.15) is 61.3 Å². The van der Waals surface area contributed by atoms with Crippen LogP contribution in [0.3, 0.4) is 0 Å². The molecule has 1 aliphatic rings. The standard InChI is InChI=1S/C18H23N3O2/c1-18(2,3)21-16(13-6-7-13)10-15(20-21)17(23)19-11-12-4-8-14(22)9-5-12/h4-5,8-10,13,22H,6-7,11H2,1-3H3,(H,19,23). The molecule has 0 aliphatic heterocycles. The zero-order chi connectivity index (χ0) is 16.6. The van der Waals surface area contributed by atoms with Gasteiger partial charge in [-0.25, -0.2) is 0 Å². The van der Waals surface area contributed by atoms with E-state index < -0.39 is 0 Å². The maximum Gasteiger partial charge on any atom is 0.272 e. The summed E-state index contributed by atoms with van der Waals surface area (Å²) < 4.78 is 1.99. The first-order chi connectivity index (χ1) is 10.8.